The number of carbonyl (C=O) groups excluding carboxylic acids is 1. The van der Waals surface area contributed by atoms with Crippen molar-refractivity contribution in [3.63, 3.8) is 0 Å². The van der Waals surface area contributed by atoms with Crippen molar-refractivity contribution in [2.45, 2.75) is 20.4 Å². The van der Waals surface area contributed by atoms with Gasteiger partial charge in [0.2, 0.25) is 0 Å². The first-order chi connectivity index (χ1) is 12.4. The van der Waals surface area contributed by atoms with Gasteiger partial charge in [0.25, 0.3) is 11.2 Å². The van der Waals surface area contributed by atoms with Gasteiger partial charge in [-0.1, -0.05) is 12.1 Å². The maximum atomic E-state index is 12.8. The van der Waals surface area contributed by atoms with E-state index in [2.05, 4.69) is 4.98 Å². The Balaban J connectivity index is 2.03. The highest BCUT2D eigenvalue weighted by molar-refractivity contribution is 7.20. The third-order valence-electron chi connectivity index (χ3n) is 3.85. The molecular weight excluding hydrogens is 358 g/mol. The lowest BCUT2D eigenvalue weighted by Gasteiger charge is -2.05. The van der Waals surface area contributed by atoms with Crippen molar-refractivity contribution in [2.24, 2.45) is 0 Å². The molecule has 9 heteroatoms. The number of non-ortho nitro benzene ring substituents is 1. The largest absolute Gasteiger partial charge is 0.462 e. The molecule has 8 nitrogen and oxygen atoms in total. The molecule has 26 heavy (non-hydrogen) atoms. The van der Waals surface area contributed by atoms with E-state index in [1.54, 1.807) is 26.0 Å². The van der Waals surface area contributed by atoms with Crippen LogP contribution >= 0.6 is 11.3 Å². The van der Waals surface area contributed by atoms with Crippen LogP contribution in [-0.4, -0.2) is 27.1 Å². The molecule has 0 bridgehead atoms. The number of aryl methyl sites for hydroxylation is 1. The minimum absolute atomic E-state index is 0.0408. The average Bonchev–Trinajstić information content (AvgIpc) is 2.95. The Bertz CT molecular complexity index is 1070. The number of fused-ring (bicyclic) bond motifs is 1. The molecule has 0 aliphatic rings. The minimum Gasteiger partial charge on any atom is -0.462 e. The van der Waals surface area contributed by atoms with Crippen LogP contribution in [0.4, 0.5) is 5.69 Å². The monoisotopic (exact) mass is 373 g/mol. The predicted octanol–water partition coefficient (Wildman–Crippen LogP) is 2.90. The molecule has 3 aromatic rings. The first kappa shape index (κ1) is 17.7. The lowest BCUT2D eigenvalue weighted by molar-refractivity contribution is -0.384. The van der Waals surface area contributed by atoms with Crippen LogP contribution in [0.3, 0.4) is 0 Å². The van der Waals surface area contributed by atoms with Gasteiger partial charge in [-0.15, -0.1) is 11.3 Å². The Hall–Kier alpha value is -3.07. The first-order valence-electron chi connectivity index (χ1n) is 7.81. The van der Waals surface area contributed by atoms with Crippen LogP contribution in [0.2, 0.25) is 0 Å². The highest BCUT2D eigenvalue weighted by Gasteiger charge is 2.20. The summed E-state index contributed by atoms with van der Waals surface area (Å²) in [6, 6.07) is 6.08. The second kappa shape index (κ2) is 7.04. The van der Waals surface area contributed by atoms with E-state index in [-0.39, 0.29) is 24.4 Å². The van der Waals surface area contributed by atoms with Crippen LogP contribution in [0.1, 0.15) is 27.7 Å². The standard InChI is InChI=1S/C17H15N3O5S/c1-3-25-17(22)14-10(2)13-15(26-14)18-9-19(16(13)21)8-11-5-4-6-12(7-11)20(23)24/h4-7,9H,3,8H2,1-2H3. The van der Waals surface area contributed by atoms with Gasteiger partial charge in [0.05, 0.1) is 29.8 Å². The van der Waals surface area contributed by atoms with Crippen molar-refractivity contribution in [3.8, 4) is 0 Å². The van der Waals surface area contributed by atoms with Gasteiger partial charge in [-0.2, -0.15) is 0 Å². The van der Waals surface area contributed by atoms with Crippen LogP contribution in [0.25, 0.3) is 10.2 Å². The third kappa shape index (κ3) is 3.21. The zero-order chi connectivity index (χ0) is 18.8. The second-order valence-electron chi connectivity index (χ2n) is 5.56. The fourth-order valence-corrected chi connectivity index (χ4v) is 3.66. The van der Waals surface area contributed by atoms with E-state index < -0.39 is 10.9 Å². The summed E-state index contributed by atoms with van der Waals surface area (Å²) >= 11 is 1.12. The van der Waals surface area contributed by atoms with Crippen LogP contribution in [0.15, 0.2) is 35.4 Å². The number of nitro benzene ring substituents is 1. The van der Waals surface area contributed by atoms with Crippen molar-refractivity contribution in [3.05, 3.63) is 67.1 Å². The molecule has 134 valence electrons. The molecule has 0 amide bonds. The number of esters is 1. The number of rotatable bonds is 5. The van der Waals surface area contributed by atoms with Crippen molar-refractivity contribution >= 4 is 33.2 Å². The smallest absolute Gasteiger partial charge is 0.348 e. The molecule has 0 spiro atoms. The summed E-state index contributed by atoms with van der Waals surface area (Å²) in [5.41, 5.74) is 0.807. The Labute approximate surface area is 151 Å². The quantitative estimate of drug-likeness (QED) is 0.387. The van der Waals surface area contributed by atoms with E-state index in [9.17, 15) is 19.7 Å². The van der Waals surface area contributed by atoms with E-state index in [0.29, 0.717) is 26.2 Å². The summed E-state index contributed by atoms with van der Waals surface area (Å²) in [6.07, 6.45) is 1.38. The summed E-state index contributed by atoms with van der Waals surface area (Å²) < 4.78 is 6.38. The molecule has 0 saturated carbocycles. The fourth-order valence-electron chi connectivity index (χ4n) is 2.63. The van der Waals surface area contributed by atoms with Crippen molar-refractivity contribution in [2.75, 3.05) is 6.61 Å². The van der Waals surface area contributed by atoms with E-state index >= 15 is 0 Å². The van der Waals surface area contributed by atoms with Gasteiger partial charge in [0.15, 0.2) is 0 Å². The van der Waals surface area contributed by atoms with Gasteiger partial charge < -0.3 is 4.74 Å². The van der Waals surface area contributed by atoms with Gasteiger partial charge in [-0.25, -0.2) is 9.78 Å². The molecule has 2 aromatic heterocycles. The van der Waals surface area contributed by atoms with Crippen LogP contribution in [0.5, 0.6) is 0 Å². The number of ether oxygens (including phenoxy) is 1. The summed E-state index contributed by atoms with van der Waals surface area (Å²) in [4.78, 5) is 40.3. The summed E-state index contributed by atoms with van der Waals surface area (Å²) in [5.74, 6) is -0.474. The third-order valence-corrected chi connectivity index (χ3v) is 5.03. The summed E-state index contributed by atoms with van der Waals surface area (Å²) in [7, 11) is 0. The van der Waals surface area contributed by atoms with Crippen molar-refractivity contribution in [1.29, 1.82) is 0 Å². The molecule has 0 atom stereocenters. The van der Waals surface area contributed by atoms with E-state index in [1.807, 2.05) is 0 Å². The molecule has 0 fully saturated rings. The molecule has 0 aliphatic heterocycles. The normalized spacial score (nSPS) is 10.8. The number of carbonyl (C=O) groups is 1. The number of hydrogen-bond donors (Lipinski definition) is 0. The predicted molar refractivity (Wildman–Crippen MR) is 96.8 cm³/mol. The number of nitrogens with zero attached hydrogens (tertiary/aromatic N) is 3. The number of benzene rings is 1. The minimum atomic E-state index is -0.484. The molecule has 0 radical (unpaired) electrons. The number of thiophene rings is 1. The lowest BCUT2D eigenvalue weighted by Crippen LogP contribution is -2.21. The van der Waals surface area contributed by atoms with Crippen LogP contribution in [0, 0.1) is 17.0 Å². The van der Waals surface area contributed by atoms with Gasteiger partial charge >= 0.3 is 5.97 Å². The maximum Gasteiger partial charge on any atom is 0.348 e. The maximum absolute atomic E-state index is 12.8. The van der Waals surface area contributed by atoms with Gasteiger partial charge in [-0.3, -0.25) is 19.5 Å². The Morgan fingerprint density at radius 1 is 1.42 bits per heavy atom. The Morgan fingerprint density at radius 2 is 2.19 bits per heavy atom. The zero-order valence-electron chi connectivity index (χ0n) is 14.1. The molecule has 0 saturated heterocycles. The van der Waals surface area contributed by atoms with E-state index in [4.69, 9.17) is 4.74 Å². The van der Waals surface area contributed by atoms with Crippen molar-refractivity contribution < 1.29 is 14.5 Å². The average molecular weight is 373 g/mol. The van der Waals surface area contributed by atoms with Crippen LogP contribution in [-0.2, 0) is 11.3 Å². The molecule has 0 unspecified atom stereocenters. The van der Waals surface area contributed by atoms with Gasteiger partial charge in [0.1, 0.15) is 9.71 Å². The number of nitro groups is 1. The molecule has 1 aromatic carbocycles. The van der Waals surface area contributed by atoms with Gasteiger partial charge in [0, 0.05) is 12.1 Å². The van der Waals surface area contributed by atoms with Gasteiger partial charge in [-0.05, 0) is 25.0 Å². The first-order valence-corrected chi connectivity index (χ1v) is 8.63. The molecule has 3 rings (SSSR count). The highest BCUT2D eigenvalue weighted by Crippen LogP contribution is 2.27. The van der Waals surface area contributed by atoms with E-state index in [1.165, 1.54) is 23.0 Å². The zero-order valence-corrected chi connectivity index (χ0v) is 14.9. The molecule has 0 aliphatic carbocycles. The molecule has 2 heterocycles. The SMILES string of the molecule is CCOC(=O)c1sc2ncn(Cc3cccc([N+](=O)[O-])c3)c(=O)c2c1C. The second-order valence-corrected chi connectivity index (χ2v) is 6.56. The number of aromatic nitrogens is 2. The topological polar surface area (TPSA) is 104 Å². The van der Waals surface area contributed by atoms with Crippen LogP contribution < -0.4 is 5.56 Å². The highest BCUT2D eigenvalue weighted by atomic mass is 32.1. The Kier molecular flexibility index (Phi) is 4.81. The number of hydrogen-bond acceptors (Lipinski definition) is 7. The Morgan fingerprint density at radius 3 is 2.88 bits per heavy atom. The summed E-state index contributed by atoms with van der Waals surface area (Å²) in [6.45, 7) is 3.79. The fraction of sp³-hybridized carbons (Fsp3) is 0.235. The van der Waals surface area contributed by atoms with Crippen molar-refractivity contribution in [1.82, 2.24) is 9.55 Å². The lowest BCUT2D eigenvalue weighted by atomic mass is 10.2. The summed E-state index contributed by atoms with van der Waals surface area (Å²) in [5, 5.41) is 11.3. The molecule has 0 N–H and O–H groups in total. The molecular formula is C17H15N3O5S. The van der Waals surface area contributed by atoms with E-state index in [0.717, 1.165) is 11.3 Å².